The Morgan fingerprint density at radius 3 is 0.906 bits per heavy atom. The van der Waals surface area contributed by atoms with Gasteiger partial charge in [0.25, 0.3) is 0 Å². The molecule has 0 amide bonds. The van der Waals surface area contributed by atoms with Gasteiger partial charge in [0.05, 0.1) is 0 Å². The Hall–Kier alpha value is 0.374. The zero-order valence-corrected chi connectivity index (χ0v) is 33.7. The van der Waals surface area contributed by atoms with Gasteiger partial charge in [0.1, 0.15) is 34.2 Å². The third-order valence-electron chi connectivity index (χ3n) is 8.81. The SMILES string of the molecule is Cc1cc(C)c(-c2cc([P+](c3ccccc3)(c3ccccc3)c3ccccc3)cc(-c3c(C)cc(C)cc3C)c2O)c(C)c1.F[B-](F)(F)F.[Ar].[Ar].[Ar].[Ar]. The number of halogens is 4. The first kappa shape index (κ1) is 51.4. The van der Waals surface area contributed by atoms with Crippen LogP contribution >= 0.6 is 7.26 Å². The van der Waals surface area contributed by atoms with Crippen molar-refractivity contribution in [2.24, 2.45) is 0 Å². The molecule has 6 aromatic rings. The van der Waals surface area contributed by atoms with E-state index < -0.39 is 14.5 Å². The van der Waals surface area contributed by atoms with E-state index >= 15 is 0 Å². The number of hydrogen-bond donors (Lipinski definition) is 1. The van der Waals surface area contributed by atoms with Gasteiger partial charge in [-0.3, -0.25) is 0 Å². The summed E-state index contributed by atoms with van der Waals surface area (Å²) in [5, 5.41) is 17.4. The minimum absolute atomic E-state index is 0. The van der Waals surface area contributed by atoms with Crippen LogP contribution in [-0.2, 0) is 0 Å². The standard InChI is InChI=1S/C42H39OP.4Ar.BF4/c1-28-22-30(3)40(31(4)23-28)38-26-37(27-39(42(38)43)41-32(5)24-29(2)25-33(41)6)44(34-16-10-7-11-17-34,35-18-12-8-13-19-35)36-20-14-9-15-21-36;;;;;2-1(3,4)5/h7-27H,1-6H3;;;;;/q;;;;;-1/p+1. The van der Waals surface area contributed by atoms with E-state index in [2.05, 4.69) is 169 Å². The average Bonchev–Trinajstić information content (AvgIpc) is 3.03. The van der Waals surface area contributed by atoms with Crippen LogP contribution in [0.25, 0.3) is 22.3 Å². The summed E-state index contributed by atoms with van der Waals surface area (Å²) in [5.74, 6) is 0.339. The van der Waals surface area contributed by atoms with E-state index in [1.165, 1.54) is 54.6 Å². The maximum absolute atomic E-state index is 12.3. The van der Waals surface area contributed by atoms with E-state index in [0.29, 0.717) is 5.75 Å². The van der Waals surface area contributed by atoms with Crippen LogP contribution in [0, 0.1) is 192 Å². The second kappa shape index (κ2) is 22.5. The average molecular weight is 838 g/mol. The number of phenolic OH excluding ortho intramolecular Hbond substituents is 1. The molecule has 0 radical (unpaired) electrons. The molecule has 0 unspecified atom stereocenters. The van der Waals surface area contributed by atoms with E-state index in [1.54, 1.807) is 0 Å². The van der Waals surface area contributed by atoms with Crippen LogP contribution in [0.3, 0.4) is 0 Å². The fourth-order valence-corrected chi connectivity index (χ4v) is 11.5. The monoisotopic (exact) mass is 838 g/mol. The van der Waals surface area contributed by atoms with Crippen LogP contribution in [-0.4, -0.2) is 12.4 Å². The van der Waals surface area contributed by atoms with Gasteiger partial charge in [-0.1, -0.05) is 90.0 Å². The summed E-state index contributed by atoms with van der Waals surface area (Å²) in [7, 11) is -8.41. The van der Waals surface area contributed by atoms with Crippen LogP contribution < -0.4 is 21.2 Å². The van der Waals surface area contributed by atoms with Crippen molar-refractivity contribution in [2.75, 3.05) is 0 Å². The Morgan fingerprint density at radius 1 is 0.415 bits per heavy atom. The van der Waals surface area contributed by atoms with Gasteiger partial charge < -0.3 is 22.4 Å². The van der Waals surface area contributed by atoms with Gasteiger partial charge in [0, 0.05) is 162 Å². The second-order valence-electron chi connectivity index (χ2n) is 12.6. The fraction of sp³-hybridized carbons (Fsp3) is 0.143. The van der Waals surface area contributed by atoms with E-state index in [1.807, 2.05) is 0 Å². The molecule has 1 nitrogen and oxygen atoms in total. The van der Waals surface area contributed by atoms with Crippen molar-refractivity contribution in [1.82, 2.24) is 0 Å². The van der Waals surface area contributed by atoms with E-state index in [-0.39, 0.29) is 151 Å². The van der Waals surface area contributed by atoms with Crippen LogP contribution in [0.2, 0.25) is 0 Å². The van der Waals surface area contributed by atoms with Gasteiger partial charge in [0.15, 0.2) is 0 Å². The molecule has 0 spiro atoms. The Kier molecular flexibility index (Phi) is 21.8. The number of rotatable bonds is 6. The largest absolute Gasteiger partial charge is 0.673 e. The van der Waals surface area contributed by atoms with E-state index in [4.69, 9.17) is 0 Å². The Bertz CT molecular complexity index is 1870. The van der Waals surface area contributed by atoms with Gasteiger partial charge in [0.2, 0.25) is 0 Å². The van der Waals surface area contributed by atoms with Gasteiger partial charge in [-0.15, -0.1) is 0 Å². The molecule has 0 saturated heterocycles. The van der Waals surface area contributed by atoms with Crippen molar-refractivity contribution < 1.29 is 173 Å². The summed E-state index contributed by atoms with van der Waals surface area (Å²) in [4.78, 5) is 0. The molecule has 0 fully saturated rings. The van der Waals surface area contributed by atoms with E-state index in [9.17, 15) is 22.4 Å². The van der Waals surface area contributed by atoms with Crippen LogP contribution in [0.4, 0.5) is 17.3 Å². The Balaban J connectivity index is 0.00000146. The molecule has 6 aromatic carbocycles. The minimum Gasteiger partial charge on any atom is -0.507 e. The first-order valence-electron chi connectivity index (χ1n) is 16.2. The van der Waals surface area contributed by atoms with Gasteiger partial charge in [-0.05, 0) is 123 Å². The van der Waals surface area contributed by atoms with Crippen molar-refractivity contribution in [2.45, 2.75) is 41.5 Å². The molecule has 6 rings (SSSR count). The fourth-order valence-electron chi connectivity index (χ4n) is 7.25. The smallest absolute Gasteiger partial charge is 0.507 e. The topological polar surface area (TPSA) is 20.2 Å². The number of phenols is 1. The van der Waals surface area contributed by atoms with Crippen LogP contribution in [0.15, 0.2) is 127 Å². The molecular weight excluding hydrogens is 798 g/mol. The molecule has 1 N–H and O–H groups in total. The van der Waals surface area contributed by atoms with Gasteiger partial charge in [-0.25, -0.2) is 0 Å². The van der Waals surface area contributed by atoms with Crippen molar-refractivity contribution in [3.63, 3.8) is 0 Å². The number of aromatic hydroxyl groups is 1. The molecule has 0 aliphatic carbocycles. The summed E-state index contributed by atoms with van der Waals surface area (Å²) in [5.41, 5.74) is 11.1. The van der Waals surface area contributed by atoms with Crippen LogP contribution in [0.1, 0.15) is 33.4 Å². The van der Waals surface area contributed by atoms with Crippen molar-refractivity contribution in [1.29, 1.82) is 0 Å². The summed E-state index contributed by atoms with van der Waals surface area (Å²) < 4.78 is 39.0. The molecule has 0 heterocycles. The first-order valence-corrected chi connectivity index (χ1v) is 18.0. The summed E-state index contributed by atoms with van der Waals surface area (Å²) in [6.07, 6.45) is 0. The summed E-state index contributed by atoms with van der Waals surface area (Å²) >= 11 is 0. The Morgan fingerprint density at radius 2 is 0.660 bits per heavy atom. The van der Waals surface area contributed by atoms with Gasteiger partial charge in [-0.2, -0.15) is 0 Å². The molecule has 0 saturated carbocycles. The molecule has 0 aliphatic rings. The number of benzene rings is 6. The molecule has 53 heavy (non-hydrogen) atoms. The number of aryl methyl sites for hydroxylation is 6. The molecule has 0 aliphatic heterocycles. The summed E-state index contributed by atoms with van der Waals surface area (Å²) in [6, 6.07) is 46.4. The molecular formula is C42H40Ar4BF4OP. The Labute approximate surface area is 432 Å². The second-order valence-corrected chi connectivity index (χ2v) is 16.0. The predicted molar refractivity (Wildman–Crippen MR) is 202 cm³/mol. The zero-order valence-electron chi connectivity index (χ0n) is 30.0. The van der Waals surface area contributed by atoms with Gasteiger partial charge >= 0.3 is 7.25 Å². The van der Waals surface area contributed by atoms with Crippen molar-refractivity contribution in [3.05, 3.63) is 161 Å². The van der Waals surface area contributed by atoms with Crippen LogP contribution in [0.5, 0.6) is 5.75 Å². The molecule has 0 aromatic heterocycles. The number of hydrogen-bond acceptors (Lipinski definition) is 1. The molecule has 282 valence electrons. The normalized spacial score (nSPS) is 10.7. The minimum atomic E-state index is -6.00. The maximum atomic E-state index is 12.3. The third-order valence-corrected chi connectivity index (χ3v) is 13.1. The molecule has 0 atom stereocenters. The first-order chi connectivity index (χ1) is 23.2. The van der Waals surface area contributed by atoms with E-state index in [0.717, 1.165) is 22.3 Å². The summed E-state index contributed by atoms with van der Waals surface area (Å²) in [6.45, 7) is 12.9. The molecule has 11 heteroatoms. The molecule has 0 bridgehead atoms. The van der Waals surface area contributed by atoms with Crippen molar-refractivity contribution >= 4 is 35.7 Å². The predicted octanol–water partition coefficient (Wildman–Crippen LogP) is 10.5. The third kappa shape index (κ3) is 12.2. The maximum Gasteiger partial charge on any atom is 0.673 e. The quantitative estimate of drug-likeness (QED) is 0.101. The zero-order chi connectivity index (χ0) is 35.5. The van der Waals surface area contributed by atoms with Crippen molar-refractivity contribution in [3.8, 4) is 28.0 Å².